The molecular formula is C10H17N3O4. The Balaban J connectivity index is 2.62. The zero-order valence-electron chi connectivity index (χ0n) is 9.97. The van der Waals surface area contributed by atoms with Crippen molar-refractivity contribution in [2.75, 3.05) is 27.2 Å². The van der Waals surface area contributed by atoms with Crippen LogP contribution in [0.4, 0.5) is 4.79 Å². The van der Waals surface area contributed by atoms with Gasteiger partial charge in [-0.05, 0) is 12.8 Å². The standard InChI is InChI=1S/C10H17N3O4/c1-11-8(14)6-12(2)10(17)13-5-3-4-7(13)9(15)16/h7H,3-6H2,1-2H3,(H,11,14)(H,15,16)/t7-/m0/s1. The summed E-state index contributed by atoms with van der Waals surface area (Å²) in [5, 5.41) is 11.4. The second-order valence-electron chi connectivity index (χ2n) is 4.00. The van der Waals surface area contributed by atoms with Crippen LogP contribution in [0.25, 0.3) is 0 Å². The summed E-state index contributed by atoms with van der Waals surface area (Å²) in [6, 6.07) is -1.19. The van der Waals surface area contributed by atoms with Crippen LogP contribution < -0.4 is 5.32 Å². The highest BCUT2D eigenvalue weighted by molar-refractivity contribution is 5.86. The Kier molecular flexibility index (Phi) is 4.30. The number of nitrogens with zero attached hydrogens (tertiary/aromatic N) is 2. The summed E-state index contributed by atoms with van der Waals surface area (Å²) in [7, 11) is 2.96. The van der Waals surface area contributed by atoms with Crippen LogP contribution in [0, 0.1) is 0 Å². The van der Waals surface area contributed by atoms with Crippen molar-refractivity contribution in [3.05, 3.63) is 0 Å². The number of amides is 3. The van der Waals surface area contributed by atoms with Crippen LogP contribution in [-0.2, 0) is 9.59 Å². The third kappa shape index (κ3) is 3.08. The van der Waals surface area contributed by atoms with Gasteiger partial charge in [0.1, 0.15) is 12.6 Å². The van der Waals surface area contributed by atoms with Gasteiger partial charge in [0.2, 0.25) is 5.91 Å². The monoisotopic (exact) mass is 243 g/mol. The first-order chi connectivity index (χ1) is 7.97. The minimum Gasteiger partial charge on any atom is -0.480 e. The first kappa shape index (κ1) is 13.3. The quantitative estimate of drug-likeness (QED) is 0.688. The van der Waals surface area contributed by atoms with Crippen molar-refractivity contribution >= 4 is 17.9 Å². The fourth-order valence-corrected chi connectivity index (χ4v) is 1.83. The SMILES string of the molecule is CNC(=O)CN(C)C(=O)N1CCC[C@H]1C(=O)O. The van der Waals surface area contributed by atoms with Gasteiger partial charge in [-0.2, -0.15) is 0 Å². The molecule has 1 fully saturated rings. The van der Waals surface area contributed by atoms with Crippen molar-refractivity contribution in [2.45, 2.75) is 18.9 Å². The highest BCUT2D eigenvalue weighted by atomic mass is 16.4. The molecule has 1 aliphatic rings. The second kappa shape index (κ2) is 5.51. The molecule has 0 unspecified atom stereocenters. The summed E-state index contributed by atoms with van der Waals surface area (Å²) in [6.07, 6.45) is 1.14. The highest BCUT2D eigenvalue weighted by Gasteiger charge is 2.35. The molecule has 1 aliphatic heterocycles. The minimum atomic E-state index is -0.996. The van der Waals surface area contributed by atoms with E-state index in [-0.39, 0.29) is 12.5 Å². The lowest BCUT2D eigenvalue weighted by Gasteiger charge is -2.27. The van der Waals surface area contributed by atoms with Gasteiger partial charge >= 0.3 is 12.0 Å². The molecule has 0 aliphatic carbocycles. The van der Waals surface area contributed by atoms with Crippen molar-refractivity contribution in [1.82, 2.24) is 15.1 Å². The average Bonchev–Trinajstić information content (AvgIpc) is 2.76. The topological polar surface area (TPSA) is 90.0 Å². The van der Waals surface area contributed by atoms with Gasteiger partial charge in [-0.1, -0.05) is 0 Å². The predicted molar refractivity (Wildman–Crippen MR) is 59.5 cm³/mol. The number of hydrogen-bond donors (Lipinski definition) is 2. The zero-order valence-corrected chi connectivity index (χ0v) is 9.97. The smallest absolute Gasteiger partial charge is 0.326 e. The number of aliphatic carboxylic acids is 1. The summed E-state index contributed by atoms with van der Waals surface area (Å²) in [6.45, 7) is 0.353. The maximum absolute atomic E-state index is 11.9. The summed E-state index contributed by atoms with van der Waals surface area (Å²) in [5.74, 6) is -1.28. The Morgan fingerprint density at radius 1 is 1.47 bits per heavy atom. The van der Waals surface area contributed by atoms with E-state index in [9.17, 15) is 14.4 Å². The van der Waals surface area contributed by atoms with E-state index in [0.29, 0.717) is 19.4 Å². The maximum Gasteiger partial charge on any atom is 0.326 e. The molecule has 2 N–H and O–H groups in total. The maximum atomic E-state index is 11.9. The molecule has 1 rings (SSSR count). The Hall–Kier alpha value is -1.79. The average molecular weight is 243 g/mol. The lowest BCUT2D eigenvalue weighted by atomic mass is 10.2. The largest absolute Gasteiger partial charge is 0.480 e. The number of rotatable bonds is 3. The first-order valence-electron chi connectivity index (χ1n) is 5.42. The Bertz CT molecular complexity index is 332. The number of carbonyl (C=O) groups is 3. The van der Waals surface area contributed by atoms with Gasteiger partial charge in [-0.3, -0.25) is 4.79 Å². The number of hydrogen-bond acceptors (Lipinski definition) is 3. The summed E-state index contributed by atoms with van der Waals surface area (Å²) in [4.78, 5) is 36.5. The third-order valence-electron chi connectivity index (χ3n) is 2.77. The van der Waals surface area contributed by atoms with Crippen LogP contribution in [0.5, 0.6) is 0 Å². The molecule has 0 aromatic heterocycles. The van der Waals surface area contributed by atoms with Crippen molar-refractivity contribution in [3.63, 3.8) is 0 Å². The molecule has 1 heterocycles. The molecule has 17 heavy (non-hydrogen) atoms. The van der Waals surface area contributed by atoms with Crippen LogP contribution >= 0.6 is 0 Å². The van der Waals surface area contributed by atoms with E-state index in [0.717, 1.165) is 0 Å². The van der Waals surface area contributed by atoms with Gasteiger partial charge in [-0.25, -0.2) is 9.59 Å². The number of carboxylic acids is 1. The number of likely N-dealkylation sites (N-methyl/N-ethyl adjacent to an activating group) is 2. The number of nitrogens with one attached hydrogen (secondary N) is 1. The van der Waals surface area contributed by atoms with Gasteiger partial charge in [0.15, 0.2) is 0 Å². The van der Waals surface area contributed by atoms with E-state index in [1.807, 2.05) is 0 Å². The van der Waals surface area contributed by atoms with Gasteiger partial charge in [-0.15, -0.1) is 0 Å². The normalized spacial score (nSPS) is 18.9. The number of carboxylic acid groups (broad SMARTS) is 1. The molecule has 0 radical (unpaired) electrons. The van der Waals surface area contributed by atoms with E-state index in [4.69, 9.17) is 5.11 Å². The molecule has 0 spiro atoms. The van der Waals surface area contributed by atoms with E-state index >= 15 is 0 Å². The highest BCUT2D eigenvalue weighted by Crippen LogP contribution is 2.18. The van der Waals surface area contributed by atoms with Crippen LogP contribution in [-0.4, -0.2) is 66.0 Å². The van der Waals surface area contributed by atoms with Crippen LogP contribution in [0.2, 0.25) is 0 Å². The predicted octanol–water partition coefficient (Wildman–Crippen LogP) is -0.667. The van der Waals surface area contributed by atoms with E-state index in [1.54, 1.807) is 0 Å². The van der Waals surface area contributed by atoms with Crippen molar-refractivity contribution in [2.24, 2.45) is 0 Å². The zero-order chi connectivity index (χ0) is 13.0. The lowest BCUT2D eigenvalue weighted by Crippen LogP contribution is -2.48. The van der Waals surface area contributed by atoms with Gasteiger partial charge in [0, 0.05) is 20.6 Å². The van der Waals surface area contributed by atoms with Crippen LogP contribution in [0.3, 0.4) is 0 Å². The molecule has 96 valence electrons. The molecule has 0 aromatic carbocycles. The molecule has 0 aromatic rings. The van der Waals surface area contributed by atoms with Gasteiger partial charge in [0.05, 0.1) is 0 Å². The van der Waals surface area contributed by atoms with E-state index in [1.165, 1.54) is 23.9 Å². The van der Waals surface area contributed by atoms with Crippen molar-refractivity contribution in [1.29, 1.82) is 0 Å². The number of likely N-dealkylation sites (tertiary alicyclic amines) is 1. The van der Waals surface area contributed by atoms with Crippen LogP contribution in [0.15, 0.2) is 0 Å². The molecule has 0 saturated carbocycles. The van der Waals surface area contributed by atoms with E-state index < -0.39 is 18.0 Å². The van der Waals surface area contributed by atoms with Crippen molar-refractivity contribution < 1.29 is 19.5 Å². The molecular weight excluding hydrogens is 226 g/mol. The fourth-order valence-electron chi connectivity index (χ4n) is 1.83. The minimum absolute atomic E-state index is 0.0713. The molecule has 1 saturated heterocycles. The summed E-state index contributed by atoms with van der Waals surface area (Å²) >= 11 is 0. The molecule has 7 nitrogen and oxygen atoms in total. The van der Waals surface area contributed by atoms with Crippen molar-refractivity contribution in [3.8, 4) is 0 Å². The Morgan fingerprint density at radius 3 is 2.65 bits per heavy atom. The lowest BCUT2D eigenvalue weighted by molar-refractivity contribution is -0.141. The van der Waals surface area contributed by atoms with Gasteiger partial charge < -0.3 is 20.2 Å². The van der Waals surface area contributed by atoms with E-state index in [2.05, 4.69) is 5.32 Å². The summed E-state index contributed by atoms with van der Waals surface area (Å²) < 4.78 is 0. The first-order valence-corrected chi connectivity index (χ1v) is 5.42. The molecule has 0 bridgehead atoms. The molecule has 3 amide bonds. The third-order valence-corrected chi connectivity index (χ3v) is 2.77. The molecule has 7 heteroatoms. The Morgan fingerprint density at radius 2 is 2.12 bits per heavy atom. The Labute approximate surface area is 99.4 Å². The molecule has 1 atom stereocenters. The van der Waals surface area contributed by atoms with Gasteiger partial charge in [0.25, 0.3) is 0 Å². The second-order valence-corrected chi connectivity index (χ2v) is 4.00. The number of carbonyl (C=O) groups excluding carboxylic acids is 2. The summed E-state index contributed by atoms with van der Waals surface area (Å²) in [5.41, 5.74) is 0. The van der Waals surface area contributed by atoms with Crippen LogP contribution in [0.1, 0.15) is 12.8 Å². The fraction of sp³-hybridized carbons (Fsp3) is 0.700. The number of urea groups is 1.